The molecule has 2 rings (SSSR count). The Hall–Kier alpha value is -0.610. The van der Waals surface area contributed by atoms with Crippen molar-refractivity contribution in [1.82, 2.24) is 4.98 Å². The van der Waals surface area contributed by atoms with E-state index < -0.39 is 0 Å². The molecule has 1 heterocycles. The predicted molar refractivity (Wildman–Crippen MR) is 88.5 cm³/mol. The van der Waals surface area contributed by atoms with Crippen LogP contribution in [0.5, 0.6) is 0 Å². The fourth-order valence-electron chi connectivity index (χ4n) is 3.12. The number of hydrogen-bond donors (Lipinski definition) is 1. The van der Waals surface area contributed by atoms with Gasteiger partial charge >= 0.3 is 0 Å². The summed E-state index contributed by atoms with van der Waals surface area (Å²) in [5, 5.41) is 1.15. The average Bonchev–Trinajstić information content (AvgIpc) is 2.82. The SMILES string of the molecule is CC1CCCC(N(C)c2nc(C(C)(C)C)c(CN)s2)C1. The molecule has 0 aliphatic heterocycles. The number of aromatic nitrogens is 1. The minimum absolute atomic E-state index is 0.0736. The first-order valence-electron chi connectivity index (χ1n) is 7.76. The van der Waals surface area contributed by atoms with Gasteiger partial charge in [-0.15, -0.1) is 11.3 Å². The van der Waals surface area contributed by atoms with Gasteiger partial charge in [0.05, 0.1) is 5.69 Å². The van der Waals surface area contributed by atoms with Crippen LogP contribution >= 0.6 is 11.3 Å². The zero-order valence-electron chi connectivity index (χ0n) is 13.6. The highest BCUT2D eigenvalue weighted by molar-refractivity contribution is 7.15. The summed E-state index contributed by atoms with van der Waals surface area (Å²) in [6.07, 6.45) is 5.31. The summed E-state index contributed by atoms with van der Waals surface area (Å²) >= 11 is 1.78. The van der Waals surface area contributed by atoms with Crippen LogP contribution in [0.25, 0.3) is 0 Å². The van der Waals surface area contributed by atoms with Crippen LogP contribution in [0.4, 0.5) is 5.13 Å². The van der Waals surface area contributed by atoms with Crippen molar-refractivity contribution >= 4 is 16.5 Å². The normalized spacial score (nSPS) is 23.9. The van der Waals surface area contributed by atoms with Crippen molar-refractivity contribution in [2.24, 2.45) is 11.7 Å². The maximum atomic E-state index is 5.91. The zero-order valence-corrected chi connectivity index (χ0v) is 14.4. The first kappa shape index (κ1) is 15.8. The Bertz CT molecular complexity index is 447. The second-order valence-corrected chi connectivity index (χ2v) is 8.32. The van der Waals surface area contributed by atoms with E-state index in [9.17, 15) is 0 Å². The molecule has 2 N–H and O–H groups in total. The highest BCUT2D eigenvalue weighted by Gasteiger charge is 2.27. The summed E-state index contributed by atoms with van der Waals surface area (Å²) in [7, 11) is 2.20. The molecule has 1 fully saturated rings. The fraction of sp³-hybridized carbons (Fsp3) is 0.812. The first-order valence-corrected chi connectivity index (χ1v) is 8.57. The number of hydrogen-bond acceptors (Lipinski definition) is 4. The topological polar surface area (TPSA) is 42.2 Å². The smallest absolute Gasteiger partial charge is 0.185 e. The van der Waals surface area contributed by atoms with Crippen LogP contribution in [0, 0.1) is 5.92 Å². The third-order valence-electron chi connectivity index (χ3n) is 4.34. The van der Waals surface area contributed by atoms with Gasteiger partial charge in [0.2, 0.25) is 0 Å². The van der Waals surface area contributed by atoms with E-state index in [1.54, 1.807) is 11.3 Å². The molecule has 1 aliphatic rings. The van der Waals surface area contributed by atoms with Crippen LogP contribution in [0.2, 0.25) is 0 Å². The van der Waals surface area contributed by atoms with Gasteiger partial charge in [0, 0.05) is 29.9 Å². The van der Waals surface area contributed by atoms with E-state index in [0.717, 1.165) is 11.0 Å². The summed E-state index contributed by atoms with van der Waals surface area (Å²) in [4.78, 5) is 8.55. The maximum absolute atomic E-state index is 5.91. The van der Waals surface area contributed by atoms with E-state index in [0.29, 0.717) is 12.6 Å². The number of nitrogens with zero attached hydrogens (tertiary/aromatic N) is 2. The maximum Gasteiger partial charge on any atom is 0.185 e. The molecule has 0 bridgehead atoms. The van der Waals surface area contributed by atoms with E-state index in [4.69, 9.17) is 10.7 Å². The van der Waals surface area contributed by atoms with Crippen molar-refractivity contribution in [2.45, 2.75) is 71.4 Å². The summed E-state index contributed by atoms with van der Waals surface area (Å²) in [5.74, 6) is 0.840. The molecule has 1 aromatic heterocycles. The Labute approximate surface area is 127 Å². The van der Waals surface area contributed by atoms with Crippen molar-refractivity contribution in [2.75, 3.05) is 11.9 Å². The lowest BCUT2D eigenvalue weighted by atomic mass is 9.86. The van der Waals surface area contributed by atoms with E-state index in [2.05, 4.69) is 39.6 Å². The van der Waals surface area contributed by atoms with Gasteiger partial charge in [-0.2, -0.15) is 0 Å². The second kappa shape index (κ2) is 6.02. The van der Waals surface area contributed by atoms with Crippen molar-refractivity contribution < 1.29 is 0 Å². The number of thiazole rings is 1. The summed E-state index contributed by atoms with van der Waals surface area (Å²) in [5.41, 5.74) is 7.16. The lowest BCUT2D eigenvalue weighted by molar-refractivity contribution is 0.336. The van der Waals surface area contributed by atoms with E-state index in [-0.39, 0.29) is 5.41 Å². The summed E-state index contributed by atoms with van der Waals surface area (Å²) in [6, 6.07) is 0.642. The molecule has 114 valence electrons. The largest absolute Gasteiger partial charge is 0.348 e. The minimum Gasteiger partial charge on any atom is -0.348 e. The van der Waals surface area contributed by atoms with E-state index in [1.807, 2.05) is 0 Å². The number of anilines is 1. The molecular weight excluding hydrogens is 266 g/mol. The lowest BCUT2D eigenvalue weighted by Gasteiger charge is -2.34. The van der Waals surface area contributed by atoms with Gasteiger partial charge < -0.3 is 10.6 Å². The molecule has 3 nitrogen and oxygen atoms in total. The Morgan fingerprint density at radius 3 is 2.55 bits per heavy atom. The van der Waals surface area contributed by atoms with E-state index in [1.165, 1.54) is 36.3 Å². The first-order chi connectivity index (χ1) is 9.32. The van der Waals surface area contributed by atoms with Gasteiger partial charge in [-0.1, -0.05) is 40.5 Å². The molecule has 0 aromatic carbocycles. The van der Waals surface area contributed by atoms with Crippen molar-refractivity contribution in [3.63, 3.8) is 0 Å². The molecule has 1 aliphatic carbocycles. The van der Waals surface area contributed by atoms with Gasteiger partial charge in [0.1, 0.15) is 0 Å². The van der Waals surface area contributed by atoms with Crippen molar-refractivity contribution in [3.8, 4) is 0 Å². The molecule has 0 saturated heterocycles. The van der Waals surface area contributed by atoms with Crippen LogP contribution in [-0.4, -0.2) is 18.1 Å². The number of nitrogens with two attached hydrogens (primary N) is 1. The van der Waals surface area contributed by atoms with Crippen LogP contribution in [0.15, 0.2) is 0 Å². The molecule has 0 spiro atoms. The molecule has 1 aromatic rings. The Balaban J connectivity index is 2.22. The molecular formula is C16H29N3S. The Kier molecular flexibility index (Phi) is 4.75. The Morgan fingerprint density at radius 2 is 2.05 bits per heavy atom. The second-order valence-electron chi connectivity index (χ2n) is 7.26. The summed E-state index contributed by atoms with van der Waals surface area (Å²) < 4.78 is 0. The average molecular weight is 295 g/mol. The van der Waals surface area contributed by atoms with Gasteiger partial charge in [0.25, 0.3) is 0 Å². The van der Waals surface area contributed by atoms with Gasteiger partial charge in [-0.05, 0) is 18.8 Å². The quantitative estimate of drug-likeness (QED) is 0.919. The third kappa shape index (κ3) is 3.34. The highest BCUT2D eigenvalue weighted by atomic mass is 32.1. The third-order valence-corrected chi connectivity index (χ3v) is 5.51. The fourth-order valence-corrected chi connectivity index (χ4v) is 4.31. The van der Waals surface area contributed by atoms with E-state index >= 15 is 0 Å². The molecule has 4 heteroatoms. The molecule has 2 unspecified atom stereocenters. The predicted octanol–water partition coefficient (Wildman–Crippen LogP) is 3.91. The standard InChI is InChI=1S/C16H29N3S/c1-11-7-6-8-12(9-11)19(5)15-18-14(16(2,3)4)13(10-17)20-15/h11-12H,6-10,17H2,1-5H3. The van der Waals surface area contributed by atoms with Crippen molar-refractivity contribution in [3.05, 3.63) is 10.6 Å². The molecule has 20 heavy (non-hydrogen) atoms. The Morgan fingerprint density at radius 1 is 1.35 bits per heavy atom. The van der Waals surface area contributed by atoms with Crippen LogP contribution in [0.1, 0.15) is 63.9 Å². The molecule has 0 amide bonds. The van der Waals surface area contributed by atoms with Crippen LogP contribution < -0.4 is 10.6 Å². The van der Waals surface area contributed by atoms with Crippen molar-refractivity contribution in [1.29, 1.82) is 0 Å². The highest BCUT2D eigenvalue weighted by Crippen LogP contribution is 2.36. The van der Waals surface area contributed by atoms with Gasteiger partial charge in [-0.25, -0.2) is 4.98 Å². The zero-order chi connectivity index (χ0) is 14.9. The molecule has 1 saturated carbocycles. The van der Waals surface area contributed by atoms with Gasteiger partial charge in [0.15, 0.2) is 5.13 Å². The summed E-state index contributed by atoms with van der Waals surface area (Å²) in [6.45, 7) is 9.61. The monoisotopic (exact) mass is 295 g/mol. The minimum atomic E-state index is 0.0736. The van der Waals surface area contributed by atoms with Gasteiger partial charge in [-0.3, -0.25) is 0 Å². The lowest BCUT2D eigenvalue weighted by Crippen LogP contribution is -2.35. The molecule has 2 atom stereocenters. The number of rotatable bonds is 3. The van der Waals surface area contributed by atoms with Crippen LogP contribution in [-0.2, 0) is 12.0 Å². The molecule has 0 radical (unpaired) electrons. The van der Waals surface area contributed by atoms with Crippen LogP contribution in [0.3, 0.4) is 0 Å².